The van der Waals surface area contributed by atoms with Crippen LogP contribution < -0.4 is 14.8 Å². The predicted octanol–water partition coefficient (Wildman–Crippen LogP) is 4.23. The smallest absolute Gasteiger partial charge is 0.269 e. The second-order valence-electron chi connectivity index (χ2n) is 6.20. The number of carbonyl (C=O) groups excluding carboxylic acids is 1. The number of nitro benzene ring substituents is 1. The normalized spacial score (nSPS) is 11.6. The fraction of sp³-hybridized carbons (Fsp3) is 0.381. The van der Waals surface area contributed by atoms with E-state index < -0.39 is 4.92 Å². The number of benzene rings is 2. The average Bonchev–Trinajstić information content (AvgIpc) is 2.70. The SMILES string of the molecule is CCOc1ccc(CCNC(=O)C(C)Sc2ccc([N+](=O)[O-])cc2)cc1OCC. The summed E-state index contributed by atoms with van der Waals surface area (Å²) in [6.45, 7) is 7.29. The van der Waals surface area contributed by atoms with Gasteiger partial charge in [0, 0.05) is 23.6 Å². The second-order valence-corrected chi connectivity index (χ2v) is 7.61. The zero-order valence-electron chi connectivity index (χ0n) is 16.8. The molecular weight excluding hydrogens is 392 g/mol. The minimum Gasteiger partial charge on any atom is -0.490 e. The molecule has 1 N–H and O–H groups in total. The van der Waals surface area contributed by atoms with E-state index in [-0.39, 0.29) is 16.8 Å². The van der Waals surface area contributed by atoms with Gasteiger partial charge < -0.3 is 14.8 Å². The summed E-state index contributed by atoms with van der Waals surface area (Å²) in [7, 11) is 0. The Labute approximate surface area is 174 Å². The van der Waals surface area contributed by atoms with Gasteiger partial charge in [-0.2, -0.15) is 0 Å². The fourth-order valence-corrected chi connectivity index (χ4v) is 3.52. The molecule has 0 fully saturated rings. The molecule has 8 heteroatoms. The number of non-ortho nitro benzene ring substituents is 1. The van der Waals surface area contributed by atoms with Crippen LogP contribution in [0.2, 0.25) is 0 Å². The molecule has 1 atom stereocenters. The molecule has 0 aliphatic heterocycles. The minimum absolute atomic E-state index is 0.0354. The highest BCUT2D eigenvalue weighted by Crippen LogP contribution is 2.29. The van der Waals surface area contributed by atoms with Crippen LogP contribution in [0, 0.1) is 10.1 Å². The maximum absolute atomic E-state index is 12.3. The fourth-order valence-electron chi connectivity index (χ4n) is 2.63. The van der Waals surface area contributed by atoms with Crippen molar-refractivity contribution in [3.8, 4) is 11.5 Å². The van der Waals surface area contributed by atoms with Gasteiger partial charge in [0.15, 0.2) is 11.5 Å². The van der Waals surface area contributed by atoms with Crippen LogP contribution in [0.1, 0.15) is 26.3 Å². The third-order valence-electron chi connectivity index (χ3n) is 4.05. The minimum atomic E-state index is -0.442. The molecule has 2 rings (SSSR count). The number of rotatable bonds is 11. The largest absolute Gasteiger partial charge is 0.490 e. The lowest BCUT2D eigenvalue weighted by Crippen LogP contribution is -2.32. The van der Waals surface area contributed by atoms with E-state index in [1.165, 1.54) is 23.9 Å². The number of nitrogens with one attached hydrogen (secondary N) is 1. The van der Waals surface area contributed by atoms with Crippen LogP contribution in [-0.4, -0.2) is 35.8 Å². The van der Waals surface area contributed by atoms with Crippen LogP contribution in [0.5, 0.6) is 11.5 Å². The van der Waals surface area contributed by atoms with Crippen molar-refractivity contribution in [1.82, 2.24) is 5.32 Å². The van der Waals surface area contributed by atoms with Gasteiger partial charge in [0.05, 0.1) is 23.4 Å². The molecule has 7 nitrogen and oxygen atoms in total. The molecule has 0 bridgehead atoms. The van der Waals surface area contributed by atoms with Gasteiger partial charge in [-0.25, -0.2) is 0 Å². The molecule has 0 aliphatic carbocycles. The van der Waals surface area contributed by atoms with Crippen LogP contribution >= 0.6 is 11.8 Å². The van der Waals surface area contributed by atoms with Gasteiger partial charge in [0.1, 0.15) is 0 Å². The van der Waals surface area contributed by atoms with Gasteiger partial charge in [-0.3, -0.25) is 14.9 Å². The maximum Gasteiger partial charge on any atom is 0.269 e. The number of carbonyl (C=O) groups is 1. The van der Waals surface area contributed by atoms with Crippen molar-refractivity contribution in [2.75, 3.05) is 19.8 Å². The van der Waals surface area contributed by atoms with Crippen molar-refractivity contribution >= 4 is 23.4 Å². The first-order valence-corrected chi connectivity index (χ1v) is 10.4. The third-order valence-corrected chi connectivity index (χ3v) is 5.16. The summed E-state index contributed by atoms with van der Waals surface area (Å²) in [5.41, 5.74) is 1.08. The van der Waals surface area contributed by atoms with Crippen molar-refractivity contribution in [3.63, 3.8) is 0 Å². The van der Waals surface area contributed by atoms with Gasteiger partial charge >= 0.3 is 0 Å². The Morgan fingerprint density at radius 1 is 1.10 bits per heavy atom. The Balaban J connectivity index is 1.85. The second kappa shape index (κ2) is 11.3. The zero-order chi connectivity index (χ0) is 21.2. The first-order chi connectivity index (χ1) is 13.9. The number of hydrogen-bond donors (Lipinski definition) is 1. The quantitative estimate of drug-likeness (QED) is 0.334. The monoisotopic (exact) mass is 418 g/mol. The molecule has 0 aliphatic rings. The molecular formula is C21H26N2O5S. The first kappa shape index (κ1) is 22.5. The summed E-state index contributed by atoms with van der Waals surface area (Å²) in [6, 6.07) is 12.0. The van der Waals surface area contributed by atoms with Crippen molar-refractivity contribution < 1.29 is 19.2 Å². The standard InChI is InChI=1S/C21H26N2O5S/c1-4-27-19-11-6-16(14-20(19)28-5-2)12-13-22-21(24)15(3)29-18-9-7-17(8-10-18)23(25)26/h6-11,14-15H,4-5,12-13H2,1-3H3,(H,22,24). The highest BCUT2D eigenvalue weighted by Gasteiger charge is 2.15. The van der Waals surface area contributed by atoms with Crippen molar-refractivity contribution in [2.24, 2.45) is 0 Å². The highest BCUT2D eigenvalue weighted by atomic mass is 32.2. The van der Waals surface area contributed by atoms with Gasteiger partial charge in [0.2, 0.25) is 5.91 Å². The summed E-state index contributed by atoms with van der Waals surface area (Å²) >= 11 is 1.36. The number of nitrogens with zero attached hydrogens (tertiary/aromatic N) is 1. The van der Waals surface area contributed by atoms with Gasteiger partial charge in [-0.15, -0.1) is 11.8 Å². The van der Waals surface area contributed by atoms with Crippen LogP contribution in [0.15, 0.2) is 47.4 Å². The molecule has 2 aromatic carbocycles. The van der Waals surface area contributed by atoms with E-state index in [1.54, 1.807) is 12.1 Å². The summed E-state index contributed by atoms with van der Waals surface area (Å²) in [4.78, 5) is 23.4. The summed E-state index contributed by atoms with van der Waals surface area (Å²) in [6.07, 6.45) is 0.674. The molecule has 1 amide bonds. The van der Waals surface area contributed by atoms with E-state index in [0.29, 0.717) is 31.9 Å². The Morgan fingerprint density at radius 2 is 1.76 bits per heavy atom. The molecule has 29 heavy (non-hydrogen) atoms. The zero-order valence-corrected chi connectivity index (χ0v) is 17.7. The number of nitro groups is 1. The van der Waals surface area contributed by atoms with Crippen molar-refractivity contribution in [3.05, 3.63) is 58.1 Å². The molecule has 0 radical (unpaired) electrons. The number of amides is 1. The lowest BCUT2D eigenvalue weighted by atomic mass is 10.1. The molecule has 2 aromatic rings. The van der Waals surface area contributed by atoms with Crippen LogP contribution in [0.25, 0.3) is 0 Å². The number of ether oxygens (including phenoxy) is 2. The molecule has 0 saturated heterocycles. The van der Waals surface area contributed by atoms with Crippen molar-refractivity contribution in [1.29, 1.82) is 0 Å². The third kappa shape index (κ3) is 6.98. The van der Waals surface area contributed by atoms with Gasteiger partial charge in [-0.05, 0) is 57.0 Å². The van der Waals surface area contributed by atoms with Gasteiger partial charge in [-0.1, -0.05) is 6.07 Å². The Hall–Kier alpha value is -2.74. The summed E-state index contributed by atoms with van der Waals surface area (Å²) in [5.74, 6) is 1.35. The number of thioether (sulfide) groups is 1. The van der Waals surface area contributed by atoms with Gasteiger partial charge in [0.25, 0.3) is 5.69 Å². The summed E-state index contributed by atoms with van der Waals surface area (Å²) in [5, 5.41) is 13.3. The van der Waals surface area contributed by atoms with E-state index in [9.17, 15) is 14.9 Å². The molecule has 0 spiro atoms. The van der Waals surface area contributed by atoms with Crippen LogP contribution in [-0.2, 0) is 11.2 Å². The first-order valence-electron chi connectivity index (χ1n) is 9.52. The molecule has 0 heterocycles. The lowest BCUT2D eigenvalue weighted by molar-refractivity contribution is -0.384. The topological polar surface area (TPSA) is 90.7 Å². The average molecular weight is 419 g/mol. The molecule has 156 valence electrons. The number of hydrogen-bond acceptors (Lipinski definition) is 6. The predicted molar refractivity (Wildman–Crippen MR) is 114 cm³/mol. The van der Waals surface area contributed by atoms with E-state index in [4.69, 9.17) is 9.47 Å². The van der Waals surface area contributed by atoms with E-state index in [2.05, 4.69) is 5.32 Å². The summed E-state index contributed by atoms with van der Waals surface area (Å²) < 4.78 is 11.2. The Kier molecular flexibility index (Phi) is 8.79. The lowest BCUT2D eigenvalue weighted by Gasteiger charge is -2.14. The van der Waals surface area contributed by atoms with E-state index >= 15 is 0 Å². The van der Waals surface area contributed by atoms with Crippen molar-refractivity contribution in [2.45, 2.75) is 37.3 Å². The van der Waals surface area contributed by atoms with E-state index in [0.717, 1.165) is 16.2 Å². The molecule has 0 saturated carbocycles. The Morgan fingerprint density at radius 3 is 2.38 bits per heavy atom. The van der Waals surface area contributed by atoms with Crippen LogP contribution in [0.3, 0.4) is 0 Å². The maximum atomic E-state index is 12.3. The van der Waals surface area contributed by atoms with Crippen LogP contribution in [0.4, 0.5) is 5.69 Å². The Bertz CT molecular complexity index is 826. The molecule has 0 aromatic heterocycles. The highest BCUT2D eigenvalue weighted by molar-refractivity contribution is 8.00. The molecule has 1 unspecified atom stereocenters. The van der Waals surface area contributed by atoms with E-state index in [1.807, 2.05) is 39.0 Å².